The summed E-state index contributed by atoms with van der Waals surface area (Å²) in [4.78, 5) is 4.34. The number of nitrogens with one attached hydrogen (secondary N) is 1. The van der Waals surface area contributed by atoms with Crippen LogP contribution < -0.4 is 5.32 Å². The summed E-state index contributed by atoms with van der Waals surface area (Å²) >= 11 is 1.55. The summed E-state index contributed by atoms with van der Waals surface area (Å²) in [5.74, 6) is 0.291. The molecule has 1 heterocycles. The van der Waals surface area contributed by atoms with Crippen molar-refractivity contribution in [2.45, 2.75) is 6.92 Å². The predicted molar refractivity (Wildman–Crippen MR) is 55.4 cm³/mol. The lowest BCUT2D eigenvalue weighted by atomic mass is 10.3. The minimum atomic E-state index is 0.291. The Morgan fingerprint density at radius 3 is 3.15 bits per heavy atom. The van der Waals surface area contributed by atoms with E-state index in [1.165, 1.54) is 0 Å². The number of nitrogens with zero attached hydrogens (tertiary/aromatic N) is 1. The molecule has 68 valence electrons. The maximum atomic E-state index is 9.23. The minimum Gasteiger partial charge on any atom is -0.508 e. The van der Waals surface area contributed by atoms with E-state index in [4.69, 9.17) is 0 Å². The molecule has 2 rings (SSSR count). The first-order valence-corrected chi connectivity index (χ1v) is 4.94. The highest BCUT2D eigenvalue weighted by atomic mass is 32.1. The van der Waals surface area contributed by atoms with Crippen molar-refractivity contribution in [3.8, 4) is 5.75 Å². The van der Waals surface area contributed by atoms with Crippen LogP contribution in [0.4, 0.5) is 5.13 Å². The van der Waals surface area contributed by atoms with Crippen molar-refractivity contribution in [3.05, 3.63) is 18.2 Å². The Bertz CT molecular complexity index is 424. The lowest BCUT2D eigenvalue weighted by molar-refractivity contribution is 0.476. The van der Waals surface area contributed by atoms with Crippen LogP contribution in [0.15, 0.2) is 18.2 Å². The molecule has 2 N–H and O–H groups in total. The molecule has 3 nitrogen and oxygen atoms in total. The van der Waals surface area contributed by atoms with Crippen LogP contribution in [0.2, 0.25) is 0 Å². The summed E-state index contributed by atoms with van der Waals surface area (Å²) in [6.45, 7) is 2.90. The van der Waals surface area contributed by atoms with Crippen molar-refractivity contribution in [2.24, 2.45) is 0 Å². The zero-order valence-electron chi connectivity index (χ0n) is 7.24. The Kier molecular flexibility index (Phi) is 2.06. The fourth-order valence-corrected chi connectivity index (χ4v) is 2.11. The first-order chi connectivity index (χ1) is 6.29. The van der Waals surface area contributed by atoms with Gasteiger partial charge in [-0.2, -0.15) is 0 Å². The van der Waals surface area contributed by atoms with Gasteiger partial charge in [0.2, 0.25) is 0 Å². The normalized spacial score (nSPS) is 10.5. The van der Waals surface area contributed by atoms with Crippen molar-refractivity contribution in [1.29, 1.82) is 0 Å². The lowest BCUT2D eigenvalue weighted by Crippen LogP contribution is -1.94. The van der Waals surface area contributed by atoms with Crippen LogP contribution in [-0.4, -0.2) is 16.6 Å². The van der Waals surface area contributed by atoms with Gasteiger partial charge in [0, 0.05) is 6.54 Å². The molecule has 1 aromatic carbocycles. The highest BCUT2D eigenvalue weighted by Crippen LogP contribution is 2.28. The van der Waals surface area contributed by atoms with E-state index in [1.54, 1.807) is 23.5 Å². The molecule has 0 aliphatic rings. The lowest BCUT2D eigenvalue weighted by Gasteiger charge is -1.91. The van der Waals surface area contributed by atoms with E-state index in [0.717, 1.165) is 21.9 Å². The van der Waals surface area contributed by atoms with Crippen LogP contribution >= 0.6 is 11.3 Å². The zero-order chi connectivity index (χ0) is 9.26. The van der Waals surface area contributed by atoms with Gasteiger partial charge >= 0.3 is 0 Å². The monoisotopic (exact) mass is 194 g/mol. The van der Waals surface area contributed by atoms with Crippen LogP contribution in [0, 0.1) is 0 Å². The third-order valence-electron chi connectivity index (χ3n) is 1.70. The van der Waals surface area contributed by atoms with Gasteiger partial charge in [-0.15, -0.1) is 0 Å². The smallest absolute Gasteiger partial charge is 0.183 e. The van der Waals surface area contributed by atoms with Gasteiger partial charge in [-0.05, 0) is 25.1 Å². The number of rotatable bonds is 2. The number of benzene rings is 1. The molecule has 0 saturated heterocycles. The Balaban J connectivity index is 2.49. The summed E-state index contributed by atoms with van der Waals surface area (Å²) in [5.41, 5.74) is 0.929. The van der Waals surface area contributed by atoms with Crippen LogP contribution in [0.25, 0.3) is 10.2 Å². The average Bonchev–Trinajstić information content (AvgIpc) is 2.46. The van der Waals surface area contributed by atoms with Gasteiger partial charge in [0.05, 0.1) is 10.2 Å². The largest absolute Gasteiger partial charge is 0.508 e. The van der Waals surface area contributed by atoms with Crippen molar-refractivity contribution in [3.63, 3.8) is 0 Å². The van der Waals surface area contributed by atoms with Crippen LogP contribution in [0.3, 0.4) is 0 Å². The van der Waals surface area contributed by atoms with Crippen molar-refractivity contribution < 1.29 is 5.11 Å². The third kappa shape index (κ3) is 1.58. The Labute approximate surface area is 80.0 Å². The van der Waals surface area contributed by atoms with Crippen LogP contribution in [0.5, 0.6) is 5.75 Å². The van der Waals surface area contributed by atoms with E-state index < -0.39 is 0 Å². The molecule has 0 bridgehead atoms. The predicted octanol–water partition coefficient (Wildman–Crippen LogP) is 2.43. The second kappa shape index (κ2) is 3.22. The van der Waals surface area contributed by atoms with Crippen LogP contribution in [0.1, 0.15) is 6.92 Å². The first kappa shape index (κ1) is 8.31. The summed E-state index contributed by atoms with van der Waals surface area (Å²) in [5, 5.41) is 13.3. The van der Waals surface area contributed by atoms with E-state index in [2.05, 4.69) is 10.3 Å². The summed E-state index contributed by atoms with van der Waals surface area (Å²) in [6, 6.07) is 5.20. The van der Waals surface area contributed by atoms with Crippen molar-refractivity contribution in [1.82, 2.24) is 4.98 Å². The number of aromatic hydroxyl groups is 1. The molecule has 0 aliphatic carbocycles. The van der Waals surface area contributed by atoms with Gasteiger partial charge in [-0.1, -0.05) is 11.3 Å². The molecule has 0 amide bonds. The molecular weight excluding hydrogens is 184 g/mol. The number of hydrogen-bond donors (Lipinski definition) is 2. The molecule has 4 heteroatoms. The maximum absolute atomic E-state index is 9.23. The van der Waals surface area contributed by atoms with Gasteiger partial charge in [-0.3, -0.25) is 0 Å². The van der Waals surface area contributed by atoms with Gasteiger partial charge in [0.15, 0.2) is 5.13 Å². The topological polar surface area (TPSA) is 45.2 Å². The molecule has 0 radical (unpaired) electrons. The molecule has 0 saturated carbocycles. The molecular formula is C9H10N2OS. The van der Waals surface area contributed by atoms with Gasteiger partial charge in [0.25, 0.3) is 0 Å². The fraction of sp³-hybridized carbons (Fsp3) is 0.222. The summed E-state index contributed by atoms with van der Waals surface area (Å²) in [7, 11) is 0. The van der Waals surface area contributed by atoms with Crippen molar-refractivity contribution in [2.75, 3.05) is 11.9 Å². The Hall–Kier alpha value is -1.29. The third-order valence-corrected chi connectivity index (χ3v) is 2.68. The van der Waals surface area contributed by atoms with Gasteiger partial charge in [-0.25, -0.2) is 4.98 Å². The number of hydrogen-bond acceptors (Lipinski definition) is 4. The minimum absolute atomic E-state index is 0.291. The van der Waals surface area contributed by atoms with Gasteiger partial charge < -0.3 is 10.4 Å². The molecule has 1 aromatic heterocycles. The van der Waals surface area contributed by atoms with Crippen molar-refractivity contribution >= 4 is 26.7 Å². The SMILES string of the molecule is CCNc1nc2ccc(O)cc2s1. The van der Waals surface area contributed by atoms with E-state index in [0.29, 0.717) is 5.75 Å². The van der Waals surface area contributed by atoms with E-state index >= 15 is 0 Å². The molecule has 0 atom stereocenters. The molecule has 0 fully saturated rings. The fourth-order valence-electron chi connectivity index (χ4n) is 1.14. The summed E-state index contributed by atoms with van der Waals surface area (Å²) in [6.07, 6.45) is 0. The molecule has 2 aromatic rings. The van der Waals surface area contributed by atoms with E-state index in [9.17, 15) is 5.11 Å². The maximum Gasteiger partial charge on any atom is 0.183 e. The Morgan fingerprint density at radius 1 is 1.54 bits per heavy atom. The summed E-state index contributed by atoms with van der Waals surface area (Å²) < 4.78 is 1.01. The highest BCUT2D eigenvalue weighted by molar-refractivity contribution is 7.22. The number of aromatic nitrogens is 1. The highest BCUT2D eigenvalue weighted by Gasteiger charge is 2.02. The second-order valence-corrected chi connectivity index (χ2v) is 3.73. The number of fused-ring (bicyclic) bond motifs is 1. The number of phenols is 1. The number of thiazole rings is 1. The standard InChI is InChI=1S/C9H10N2OS/c1-2-10-9-11-7-4-3-6(12)5-8(7)13-9/h3-5,12H,2H2,1H3,(H,10,11). The number of phenolic OH excluding ortho intramolecular Hbond substituents is 1. The molecule has 0 spiro atoms. The van der Waals surface area contributed by atoms with E-state index in [1.807, 2.05) is 13.0 Å². The van der Waals surface area contributed by atoms with Gasteiger partial charge in [0.1, 0.15) is 5.75 Å². The van der Waals surface area contributed by atoms with Crippen LogP contribution in [-0.2, 0) is 0 Å². The molecule has 0 aliphatic heterocycles. The number of anilines is 1. The Morgan fingerprint density at radius 2 is 2.38 bits per heavy atom. The zero-order valence-corrected chi connectivity index (χ0v) is 8.06. The first-order valence-electron chi connectivity index (χ1n) is 4.13. The second-order valence-electron chi connectivity index (χ2n) is 2.70. The molecule has 13 heavy (non-hydrogen) atoms. The average molecular weight is 194 g/mol. The quantitative estimate of drug-likeness (QED) is 0.771. The molecule has 0 unspecified atom stereocenters. The van der Waals surface area contributed by atoms with E-state index in [-0.39, 0.29) is 0 Å².